The van der Waals surface area contributed by atoms with Crippen LogP contribution in [-0.2, 0) is 4.79 Å². The van der Waals surface area contributed by atoms with Gasteiger partial charge in [0.15, 0.2) is 11.5 Å². The minimum absolute atomic E-state index is 0.0961. The van der Waals surface area contributed by atoms with E-state index in [1.807, 2.05) is 24.3 Å². The third-order valence-corrected chi connectivity index (χ3v) is 5.26. The van der Waals surface area contributed by atoms with Crippen LogP contribution in [0.15, 0.2) is 52.7 Å². The van der Waals surface area contributed by atoms with Crippen LogP contribution in [0, 0.1) is 0 Å². The molecule has 11 nitrogen and oxygen atoms in total. The van der Waals surface area contributed by atoms with Crippen LogP contribution < -0.4 is 30.8 Å². The number of anilines is 2. The number of hydrazone groups is 1. The number of fused-ring (bicyclic) bond motifs is 1. The van der Waals surface area contributed by atoms with E-state index >= 15 is 0 Å². The highest BCUT2D eigenvalue weighted by Gasteiger charge is 2.15. The molecule has 2 aromatic carbocycles. The Morgan fingerprint density at radius 3 is 2.78 bits per heavy atom. The third kappa shape index (κ3) is 5.21. The second-order valence-corrected chi connectivity index (χ2v) is 7.46. The maximum absolute atomic E-state index is 12.3. The van der Waals surface area contributed by atoms with Crippen LogP contribution in [0.1, 0.15) is 5.56 Å². The van der Waals surface area contributed by atoms with Gasteiger partial charge in [0.05, 0.1) is 19.1 Å². The van der Waals surface area contributed by atoms with Gasteiger partial charge in [-0.2, -0.15) is 5.10 Å². The molecule has 0 atom stereocenters. The molecule has 1 amide bonds. The summed E-state index contributed by atoms with van der Waals surface area (Å²) in [5, 5.41) is 15.2. The number of rotatable bonds is 8. The lowest BCUT2D eigenvalue weighted by molar-refractivity contribution is -0.113. The van der Waals surface area contributed by atoms with Gasteiger partial charge in [-0.25, -0.2) is 10.1 Å². The van der Waals surface area contributed by atoms with Crippen molar-refractivity contribution >= 4 is 35.5 Å². The first-order chi connectivity index (χ1) is 15.6. The molecular formula is C20H21N7O4S. The van der Waals surface area contributed by atoms with Crippen molar-refractivity contribution in [2.75, 3.05) is 42.7 Å². The molecule has 0 unspecified atom stereocenters. The lowest BCUT2D eigenvalue weighted by Gasteiger charge is -2.18. The van der Waals surface area contributed by atoms with E-state index in [1.165, 1.54) is 4.68 Å². The predicted molar refractivity (Wildman–Crippen MR) is 121 cm³/mol. The molecule has 0 saturated carbocycles. The summed E-state index contributed by atoms with van der Waals surface area (Å²) in [5.74, 6) is 8.14. The summed E-state index contributed by atoms with van der Waals surface area (Å²) in [4.78, 5) is 12.3. The van der Waals surface area contributed by atoms with E-state index < -0.39 is 0 Å². The molecule has 12 heteroatoms. The zero-order chi connectivity index (χ0) is 22.3. The fourth-order valence-electron chi connectivity index (χ4n) is 2.75. The Hall–Kier alpha value is -3.93. The Morgan fingerprint density at radius 1 is 1.22 bits per heavy atom. The molecule has 166 valence electrons. The molecule has 0 saturated heterocycles. The first-order valence-corrected chi connectivity index (χ1v) is 10.6. The Kier molecular flexibility index (Phi) is 6.60. The van der Waals surface area contributed by atoms with Crippen LogP contribution in [0.3, 0.4) is 0 Å². The smallest absolute Gasteiger partial charge is 0.264 e. The number of amides is 1. The lowest BCUT2D eigenvalue weighted by atomic mass is 10.2. The van der Waals surface area contributed by atoms with Crippen molar-refractivity contribution in [2.24, 2.45) is 5.10 Å². The molecule has 0 spiro atoms. The van der Waals surface area contributed by atoms with E-state index in [2.05, 4.69) is 26.0 Å². The Labute approximate surface area is 187 Å². The van der Waals surface area contributed by atoms with Crippen molar-refractivity contribution in [3.8, 4) is 17.2 Å². The van der Waals surface area contributed by atoms with Gasteiger partial charge in [-0.3, -0.25) is 4.79 Å². The first-order valence-electron chi connectivity index (χ1n) is 9.58. The molecule has 1 aromatic heterocycles. The Balaban J connectivity index is 1.28. The second-order valence-electron chi connectivity index (χ2n) is 6.51. The zero-order valence-corrected chi connectivity index (χ0v) is 18.0. The maximum Gasteiger partial charge on any atom is 0.264 e. The number of nitrogens with one attached hydrogen (secondary N) is 2. The summed E-state index contributed by atoms with van der Waals surface area (Å²) < 4.78 is 17.3. The number of benzene rings is 2. The van der Waals surface area contributed by atoms with E-state index in [9.17, 15) is 4.79 Å². The summed E-state index contributed by atoms with van der Waals surface area (Å²) in [5.41, 5.74) is 4.21. The van der Waals surface area contributed by atoms with Crippen LogP contribution in [0.5, 0.6) is 17.2 Å². The number of ether oxygens (including phenoxy) is 3. The fraction of sp³-hybridized carbons (Fsp3) is 0.200. The van der Waals surface area contributed by atoms with Gasteiger partial charge in [-0.05, 0) is 42.0 Å². The van der Waals surface area contributed by atoms with E-state index in [0.717, 1.165) is 23.1 Å². The van der Waals surface area contributed by atoms with E-state index in [1.54, 1.807) is 31.5 Å². The van der Waals surface area contributed by atoms with Crippen molar-refractivity contribution in [2.45, 2.75) is 5.16 Å². The van der Waals surface area contributed by atoms with Crippen LogP contribution in [0.4, 0.5) is 11.6 Å². The second kappa shape index (κ2) is 9.92. The zero-order valence-electron chi connectivity index (χ0n) is 17.1. The van der Waals surface area contributed by atoms with Crippen molar-refractivity contribution in [3.63, 3.8) is 0 Å². The van der Waals surface area contributed by atoms with E-state index in [-0.39, 0.29) is 17.6 Å². The summed E-state index contributed by atoms with van der Waals surface area (Å²) in [6.45, 7) is 0.992. The lowest BCUT2D eigenvalue weighted by Crippen LogP contribution is -2.18. The topological polar surface area (TPSA) is 138 Å². The number of carbonyl (C=O) groups is 1. The number of nitrogens with zero attached hydrogens (tertiary/aromatic N) is 4. The monoisotopic (exact) mass is 455 g/mol. The van der Waals surface area contributed by atoms with Gasteiger partial charge in [0, 0.05) is 11.8 Å². The van der Waals surface area contributed by atoms with E-state index in [4.69, 9.17) is 20.1 Å². The van der Waals surface area contributed by atoms with Gasteiger partial charge in [-0.15, -0.1) is 10.2 Å². The van der Waals surface area contributed by atoms with Gasteiger partial charge in [0.2, 0.25) is 11.1 Å². The molecule has 0 aliphatic carbocycles. The van der Waals surface area contributed by atoms with Crippen molar-refractivity contribution < 1.29 is 19.0 Å². The van der Waals surface area contributed by atoms with Gasteiger partial charge in [-0.1, -0.05) is 11.8 Å². The molecule has 4 N–H and O–H groups in total. The molecule has 0 bridgehead atoms. The minimum Gasteiger partial charge on any atom is -0.497 e. The molecule has 4 rings (SSSR count). The molecule has 0 radical (unpaired) electrons. The highest BCUT2D eigenvalue weighted by molar-refractivity contribution is 7.99. The highest BCUT2D eigenvalue weighted by atomic mass is 32.2. The standard InChI is InChI=1S/C20H21N7O4S/c1-29-15-5-2-13(3-6-15)11-22-24-19-25-26-20(27(19)21)32-12-18(28)23-14-4-7-16-17(10-14)31-9-8-30-16/h2-7,10-11H,8-9,12,21H2,1H3,(H,23,28)(H,24,25)/b22-11+. The number of aromatic nitrogens is 3. The predicted octanol–water partition coefficient (Wildman–Crippen LogP) is 1.95. The molecule has 1 aliphatic rings. The number of hydrogen-bond donors (Lipinski definition) is 3. The number of nitrogens with two attached hydrogens (primary N) is 1. The van der Waals surface area contributed by atoms with Gasteiger partial charge >= 0.3 is 0 Å². The van der Waals surface area contributed by atoms with Crippen LogP contribution >= 0.6 is 11.8 Å². The third-order valence-electron chi connectivity index (χ3n) is 4.32. The molecule has 0 fully saturated rings. The van der Waals surface area contributed by atoms with Gasteiger partial charge < -0.3 is 25.4 Å². The normalized spacial score (nSPS) is 12.5. The number of hydrogen-bond acceptors (Lipinski definition) is 10. The van der Waals surface area contributed by atoms with E-state index in [0.29, 0.717) is 35.6 Å². The number of thioether (sulfide) groups is 1. The van der Waals surface area contributed by atoms with Crippen molar-refractivity contribution in [1.82, 2.24) is 14.9 Å². The van der Waals surface area contributed by atoms with Crippen LogP contribution in [0.2, 0.25) is 0 Å². The first kappa shape index (κ1) is 21.3. The summed E-state index contributed by atoms with van der Waals surface area (Å²) in [6, 6.07) is 12.6. The quantitative estimate of drug-likeness (QED) is 0.201. The molecule has 1 aliphatic heterocycles. The van der Waals surface area contributed by atoms with Crippen LogP contribution in [-0.4, -0.2) is 53.1 Å². The van der Waals surface area contributed by atoms with Crippen LogP contribution in [0.25, 0.3) is 0 Å². The summed E-state index contributed by atoms with van der Waals surface area (Å²) >= 11 is 1.15. The largest absolute Gasteiger partial charge is 0.497 e. The van der Waals surface area contributed by atoms with Crippen molar-refractivity contribution in [1.29, 1.82) is 0 Å². The number of nitrogen functional groups attached to an aromatic ring is 1. The van der Waals surface area contributed by atoms with Gasteiger partial charge in [0.25, 0.3) is 5.95 Å². The number of carbonyl (C=O) groups excluding carboxylic acids is 1. The Bertz CT molecular complexity index is 1120. The fourth-order valence-corrected chi connectivity index (χ4v) is 3.41. The molecular weight excluding hydrogens is 434 g/mol. The minimum atomic E-state index is -0.221. The molecule has 3 aromatic rings. The summed E-state index contributed by atoms with van der Waals surface area (Å²) in [7, 11) is 1.61. The Morgan fingerprint density at radius 2 is 2.00 bits per heavy atom. The van der Waals surface area contributed by atoms with Crippen molar-refractivity contribution in [3.05, 3.63) is 48.0 Å². The molecule has 32 heavy (non-hydrogen) atoms. The average molecular weight is 456 g/mol. The summed E-state index contributed by atoms with van der Waals surface area (Å²) in [6.07, 6.45) is 1.61. The SMILES string of the molecule is COc1ccc(/C=N/Nc2nnc(SCC(=O)Nc3ccc4c(c3)OCCO4)n2N)cc1. The maximum atomic E-state index is 12.3. The average Bonchev–Trinajstić information content (AvgIpc) is 3.17. The van der Waals surface area contributed by atoms with Gasteiger partial charge in [0.1, 0.15) is 19.0 Å². The number of methoxy groups -OCH3 is 1. The molecule has 2 heterocycles. The highest BCUT2D eigenvalue weighted by Crippen LogP contribution is 2.32.